The number of amides is 1. The van der Waals surface area contributed by atoms with E-state index in [2.05, 4.69) is 15.4 Å². The highest BCUT2D eigenvalue weighted by molar-refractivity contribution is 7.99. The Kier molecular flexibility index (Phi) is 3.77. The molecule has 0 saturated heterocycles. The molecular formula is C11H12N4OS. The molecule has 0 fully saturated rings. The summed E-state index contributed by atoms with van der Waals surface area (Å²) >= 11 is 1.31. The predicted molar refractivity (Wildman–Crippen MR) is 66.1 cm³/mol. The summed E-state index contributed by atoms with van der Waals surface area (Å²) in [7, 11) is 1.61. The fourth-order valence-electron chi connectivity index (χ4n) is 1.22. The quantitative estimate of drug-likeness (QED) is 0.823. The van der Waals surface area contributed by atoms with Gasteiger partial charge in [-0.3, -0.25) is 4.79 Å². The molecule has 88 valence electrons. The van der Waals surface area contributed by atoms with Gasteiger partial charge in [0.25, 0.3) is 0 Å². The molecule has 1 amide bonds. The van der Waals surface area contributed by atoms with Gasteiger partial charge >= 0.3 is 0 Å². The molecule has 2 aromatic rings. The molecule has 0 unspecified atom stereocenters. The first-order valence-corrected chi connectivity index (χ1v) is 6.08. The van der Waals surface area contributed by atoms with Crippen LogP contribution in [0, 0.1) is 0 Å². The summed E-state index contributed by atoms with van der Waals surface area (Å²) in [6, 6.07) is 9.72. The van der Waals surface area contributed by atoms with Crippen molar-refractivity contribution in [3.63, 3.8) is 0 Å². The van der Waals surface area contributed by atoms with Crippen LogP contribution in [0.1, 0.15) is 0 Å². The highest BCUT2D eigenvalue weighted by Crippen LogP contribution is 2.13. The maximum atomic E-state index is 11.1. The molecule has 0 aliphatic rings. The van der Waals surface area contributed by atoms with Crippen molar-refractivity contribution in [2.24, 2.45) is 0 Å². The lowest BCUT2D eigenvalue weighted by atomic mass is 10.3. The van der Waals surface area contributed by atoms with Crippen molar-refractivity contribution < 1.29 is 4.79 Å². The fourth-order valence-corrected chi connectivity index (χ4v) is 1.89. The average molecular weight is 248 g/mol. The van der Waals surface area contributed by atoms with Gasteiger partial charge in [0.1, 0.15) is 6.33 Å². The summed E-state index contributed by atoms with van der Waals surface area (Å²) in [5.41, 5.74) is 0.951. The van der Waals surface area contributed by atoms with Gasteiger partial charge in [0, 0.05) is 7.05 Å². The molecule has 6 heteroatoms. The number of hydrogen-bond acceptors (Lipinski definition) is 4. The van der Waals surface area contributed by atoms with Gasteiger partial charge in [-0.25, -0.2) is 9.67 Å². The summed E-state index contributed by atoms with van der Waals surface area (Å²) in [5.74, 6) is 0.293. The van der Waals surface area contributed by atoms with Crippen molar-refractivity contribution in [3.05, 3.63) is 36.7 Å². The summed E-state index contributed by atoms with van der Waals surface area (Å²) in [6.07, 6.45) is 1.64. The number of rotatable bonds is 4. The summed E-state index contributed by atoms with van der Waals surface area (Å²) < 4.78 is 1.69. The molecule has 0 atom stereocenters. The van der Waals surface area contributed by atoms with Crippen molar-refractivity contribution in [3.8, 4) is 5.69 Å². The fraction of sp³-hybridized carbons (Fsp3) is 0.182. The lowest BCUT2D eigenvalue weighted by Gasteiger charge is -1.98. The summed E-state index contributed by atoms with van der Waals surface area (Å²) in [5, 5.41) is 7.42. The first kappa shape index (κ1) is 11.7. The van der Waals surface area contributed by atoms with E-state index in [1.807, 2.05) is 30.3 Å². The number of aromatic nitrogens is 3. The van der Waals surface area contributed by atoms with Crippen LogP contribution in [-0.4, -0.2) is 33.5 Å². The van der Waals surface area contributed by atoms with E-state index < -0.39 is 0 Å². The molecule has 0 aliphatic heterocycles. The molecule has 5 nitrogen and oxygen atoms in total. The van der Waals surface area contributed by atoms with Crippen LogP contribution in [0.15, 0.2) is 41.8 Å². The molecule has 1 heterocycles. The number of hydrogen-bond donors (Lipinski definition) is 1. The molecule has 1 aromatic heterocycles. The van der Waals surface area contributed by atoms with Gasteiger partial charge < -0.3 is 5.32 Å². The van der Waals surface area contributed by atoms with Crippen LogP contribution in [0.2, 0.25) is 0 Å². The molecule has 2 rings (SSSR count). The minimum absolute atomic E-state index is 0.0361. The molecule has 0 bridgehead atoms. The van der Waals surface area contributed by atoms with Gasteiger partial charge in [-0.2, -0.15) is 0 Å². The second-order valence-corrected chi connectivity index (χ2v) is 4.21. The molecule has 1 N–H and O–H groups in total. The van der Waals surface area contributed by atoms with Crippen molar-refractivity contribution in [2.45, 2.75) is 5.16 Å². The van der Waals surface area contributed by atoms with Gasteiger partial charge in [-0.15, -0.1) is 5.10 Å². The van der Waals surface area contributed by atoms with Gasteiger partial charge in [-0.05, 0) is 12.1 Å². The maximum absolute atomic E-state index is 11.1. The molecular weight excluding hydrogens is 236 g/mol. The Labute approximate surface area is 103 Å². The molecule has 0 spiro atoms. The minimum atomic E-state index is -0.0361. The SMILES string of the molecule is CNC(=O)CSc1ncn(-c2ccccc2)n1. The van der Waals surface area contributed by atoms with Crippen LogP contribution in [0.25, 0.3) is 5.69 Å². The Morgan fingerprint density at radius 1 is 1.41 bits per heavy atom. The van der Waals surface area contributed by atoms with E-state index in [1.54, 1.807) is 18.1 Å². The van der Waals surface area contributed by atoms with Crippen molar-refractivity contribution in [2.75, 3.05) is 12.8 Å². The lowest BCUT2D eigenvalue weighted by molar-refractivity contribution is -0.118. The van der Waals surface area contributed by atoms with Gasteiger partial charge in [-0.1, -0.05) is 30.0 Å². The normalized spacial score (nSPS) is 10.2. The summed E-state index contributed by atoms with van der Waals surface area (Å²) in [6.45, 7) is 0. The zero-order valence-electron chi connectivity index (χ0n) is 9.33. The van der Waals surface area contributed by atoms with Crippen molar-refractivity contribution >= 4 is 17.7 Å². The Morgan fingerprint density at radius 2 is 2.18 bits per heavy atom. The second-order valence-electron chi connectivity index (χ2n) is 3.27. The molecule has 17 heavy (non-hydrogen) atoms. The van der Waals surface area contributed by atoms with Crippen LogP contribution in [0.5, 0.6) is 0 Å². The standard InChI is InChI=1S/C11H12N4OS/c1-12-10(16)7-17-11-13-8-15(14-11)9-5-3-2-4-6-9/h2-6,8H,7H2,1H3,(H,12,16). The number of para-hydroxylation sites is 1. The third-order valence-corrected chi connectivity index (χ3v) is 2.95. The molecule has 1 aromatic carbocycles. The van der Waals surface area contributed by atoms with Crippen LogP contribution in [-0.2, 0) is 4.79 Å². The largest absolute Gasteiger partial charge is 0.358 e. The zero-order valence-corrected chi connectivity index (χ0v) is 10.1. The predicted octanol–water partition coefficient (Wildman–Crippen LogP) is 1.11. The van der Waals surface area contributed by atoms with E-state index in [9.17, 15) is 4.79 Å². The zero-order chi connectivity index (χ0) is 12.1. The maximum Gasteiger partial charge on any atom is 0.230 e. The second kappa shape index (κ2) is 5.49. The number of carbonyl (C=O) groups is 1. The van der Waals surface area contributed by atoms with Crippen molar-refractivity contribution in [1.29, 1.82) is 0 Å². The van der Waals surface area contributed by atoms with Crippen LogP contribution >= 0.6 is 11.8 Å². The third-order valence-electron chi connectivity index (χ3n) is 2.10. The first-order chi connectivity index (χ1) is 8.29. The first-order valence-electron chi connectivity index (χ1n) is 5.10. The van der Waals surface area contributed by atoms with E-state index in [1.165, 1.54) is 11.8 Å². The van der Waals surface area contributed by atoms with E-state index in [0.29, 0.717) is 10.9 Å². The highest BCUT2D eigenvalue weighted by atomic mass is 32.2. The number of carbonyl (C=O) groups excluding carboxylic acids is 1. The number of benzene rings is 1. The van der Waals surface area contributed by atoms with Gasteiger partial charge in [0.2, 0.25) is 11.1 Å². The number of nitrogens with zero attached hydrogens (tertiary/aromatic N) is 3. The smallest absolute Gasteiger partial charge is 0.230 e. The van der Waals surface area contributed by atoms with Crippen LogP contribution in [0.4, 0.5) is 0 Å². The van der Waals surface area contributed by atoms with E-state index in [4.69, 9.17) is 0 Å². The number of nitrogens with one attached hydrogen (secondary N) is 1. The molecule has 0 radical (unpaired) electrons. The Morgan fingerprint density at radius 3 is 2.88 bits per heavy atom. The third kappa shape index (κ3) is 3.07. The van der Waals surface area contributed by atoms with E-state index >= 15 is 0 Å². The van der Waals surface area contributed by atoms with Gasteiger partial charge in [0.05, 0.1) is 11.4 Å². The topological polar surface area (TPSA) is 59.8 Å². The average Bonchev–Trinajstić information content (AvgIpc) is 2.86. The highest BCUT2D eigenvalue weighted by Gasteiger charge is 2.05. The Bertz CT molecular complexity index is 497. The monoisotopic (exact) mass is 248 g/mol. The molecule has 0 aliphatic carbocycles. The summed E-state index contributed by atoms with van der Waals surface area (Å²) in [4.78, 5) is 15.2. The van der Waals surface area contributed by atoms with Crippen molar-refractivity contribution in [1.82, 2.24) is 20.1 Å². The Balaban J connectivity index is 2.04. The van der Waals surface area contributed by atoms with E-state index in [0.717, 1.165) is 5.69 Å². The van der Waals surface area contributed by atoms with Crippen LogP contribution < -0.4 is 5.32 Å². The Hall–Kier alpha value is -1.82. The minimum Gasteiger partial charge on any atom is -0.358 e. The molecule has 0 saturated carbocycles. The lowest BCUT2D eigenvalue weighted by Crippen LogP contribution is -2.19. The number of thioether (sulfide) groups is 1. The van der Waals surface area contributed by atoms with Crippen LogP contribution in [0.3, 0.4) is 0 Å². The van der Waals surface area contributed by atoms with E-state index in [-0.39, 0.29) is 5.91 Å². The van der Waals surface area contributed by atoms with Gasteiger partial charge in [0.15, 0.2) is 0 Å².